The Morgan fingerprint density at radius 1 is 1.11 bits per heavy atom. The van der Waals surface area contributed by atoms with E-state index >= 15 is 0 Å². The fourth-order valence-corrected chi connectivity index (χ4v) is 5.25. The Bertz CT molecular complexity index is 1060. The first kappa shape index (κ1) is 20.6. The van der Waals surface area contributed by atoms with Gasteiger partial charge in [0, 0.05) is 30.7 Å². The van der Waals surface area contributed by atoms with Gasteiger partial charge in [-0.3, -0.25) is 4.98 Å². The Hall–Kier alpha value is -2.15. The molecule has 0 unspecified atom stereocenters. The van der Waals surface area contributed by atoms with Crippen LogP contribution >= 0.6 is 12.4 Å². The van der Waals surface area contributed by atoms with Crippen LogP contribution in [0.25, 0.3) is 11.3 Å². The van der Waals surface area contributed by atoms with Crippen LogP contribution in [0.1, 0.15) is 29.5 Å². The first-order valence-electron chi connectivity index (χ1n) is 9.24. The number of hydrogen-bond acceptors (Lipinski definition) is 4. The van der Waals surface area contributed by atoms with Crippen molar-refractivity contribution in [2.24, 2.45) is 0 Å². The third-order valence-corrected chi connectivity index (χ3v) is 6.76. The zero-order valence-electron chi connectivity index (χ0n) is 15.8. The summed E-state index contributed by atoms with van der Waals surface area (Å²) in [6, 6.07) is 11.4. The number of nitrogens with zero attached hydrogens (tertiary/aromatic N) is 2. The Morgan fingerprint density at radius 3 is 2.64 bits per heavy atom. The zero-order valence-corrected chi connectivity index (χ0v) is 17.4. The molecule has 0 bridgehead atoms. The Morgan fingerprint density at radius 2 is 1.89 bits per heavy atom. The van der Waals surface area contributed by atoms with Gasteiger partial charge in [0.25, 0.3) is 10.0 Å². The van der Waals surface area contributed by atoms with Crippen LogP contribution in [0.15, 0.2) is 59.9 Å². The second-order valence-electron chi connectivity index (χ2n) is 6.87. The molecule has 3 aromatic rings. The standard InChI is InChI=1S/C21H23N3O2S.ClH/c1-22-13-17-15-24(27(25,26)18-9-6-12-23-14-18)21-19-10-4-2-7-16(19)8-3-5-11-20(17)21;/h2,4,6-7,9-10,12,14-15,22H,3,5,8,11,13H2,1H3;1H. The number of rotatable bonds is 4. The molecule has 0 atom stereocenters. The maximum absolute atomic E-state index is 13.4. The monoisotopic (exact) mass is 417 g/mol. The molecule has 1 aromatic carbocycles. The maximum atomic E-state index is 13.4. The molecule has 0 spiro atoms. The quantitative estimate of drug-likeness (QED) is 0.701. The van der Waals surface area contributed by atoms with Crippen LogP contribution in [0.4, 0.5) is 0 Å². The van der Waals surface area contributed by atoms with Gasteiger partial charge in [0.1, 0.15) is 4.90 Å². The minimum atomic E-state index is -3.72. The second-order valence-corrected chi connectivity index (χ2v) is 8.68. The number of aryl methyl sites for hydroxylation is 1. The van der Waals surface area contributed by atoms with Crippen molar-refractivity contribution < 1.29 is 8.42 Å². The lowest BCUT2D eigenvalue weighted by atomic mass is 9.91. The lowest BCUT2D eigenvalue weighted by Crippen LogP contribution is -2.15. The van der Waals surface area contributed by atoms with Crippen molar-refractivity contribution in [3.63, 3.8) is 0 Å². The van der Waals surface area contributed by atoms with Crippen LogP contribution in [-0.4, -0.2) is 24.4 Å². The first-order chi connectivity index (χ1) is 13.1. The van der Waals surface area contributed by atoms with Crippen molar-refractivity contribution in [1.29, 1.82) is 0 Å². The highest BCUT2D eigenvalue weighted by Gasteiger charge is 2.27. The normalized spacial score (nSPS) is 13.6. The topological polar surface area (TPSA) is 64.0 Å². The van der Waals surface area contributed by atoms with E-state index in [0.717, 1.165) is 48.1 Å². The number of hydrogen-bond donors (Lipinski definition) is 1. The fraction of sp³-hybridized carbons (Fsp3) is 0.286. The third kappa shape index (κ3) is 3.60. The molecule has 28 heavy (non-hydrogen) atoms. The number of nitrogens with one attached hydrogen (secondary N) is 1. The summed E-state index contributed by atoms with van der Waals surface area (Å²) in [4.78, 5) is 4.21. The Labute approximate surface area is 172 Å². The Kier molecular flexibility index (Phi) is 6.23. The van der Waals surface area contributed by atoms with Crippen molar-refractivity contribution in [1.82, 2.24) is 14.3 Å². The molecule has 0 aliphatic heterocycles. The number of halogens is 1. The van der Waals surface area contributed by atoms with Crippen molar-refractivity contribution in [3.8, 4) is 11.3 Å². The highest BCUT2D eigenvalue weighted by Crippen LogP contribution is 2.37. The summed E-state index contributed by atoms with van der Waals surface area (Å²) >= 11 is 0. The van der Waals surface area contributed by atoms with Gasteiger partial charge in [-0.2, -0.15) is 0 Å². The molecule has 2 aromatic heterocycles. The summed E-state index contributed by atoms with van der Waals surface area (Å²) in [5.41, 5.74) is 5.19. The molecule has 0 amide bonds. The number of fused-ring (bicyclic) bond motifs is 3. The van der Waals surface area contributed by atoms with Gasteiger partial charge in [-0.05, 0) is 61.6 Å². The number of benzene rings is 1. The van der Waals surface area contributed by atoms with Gasteiger partial charge >= 0.3 is 0 Å². The fourth-order valence-electron chi connectivity index (χ4n) is 3.86. The van der Waals surface area contributed by atoms with Gasteiger partial charge < -0.3 is 5.32 Å². The van der Waals surface area contributed by atoms with Crippen LogP contribution < -0.4 is 5.32 Å². The smallest absolute Gasteiger partial charge is 0.269 e. The maximum Gasteiger partial charge on any atom is 0.269 e. The second kappa shape index (κ2) is 8.47. The molecule has 1 N–H and O–H groups in total. The van der Waals surface area contributed by atoms with E-state index in [-0.39, 0.29) is 17.3 Å². The molecule has 0 saturated heterocycles. The predicted octanol–water partition coefficient (Wildman–Crippen LogP) is 3.81. The highest BCUT2D eigenvalue weighted by atomic mass is 35.5. The average Bonchev–Trinajstić information content (AvgIpc) is 3.03. The van der Waals surface area contributed by atoms with Crippen LogP contribution in [0.3, 0.4) is 0 Å². The molecule has 1 aliphatic rings. The van der Waals surface area contributed by atoms with Gasteiger partial charge in [-0.1, -0.05) is 24.3 Å². The third-order valence-electron chi connectivity index (χ3n) is 5.12. The molecule has 0 radical (unpaired) electrons. The van der Waals surface area contributed by atoms with Gasteiger partial charge in [-0.15, -0.1) is 12.4 Å². The van der Waals surface area contributed by atoms with E-state index in [4.69, 9.17) is 0 Å². The van der Waals surface area contributed by atoms with E-state index in [2.05, 4.69) is 16.4 Å². The summed E-state index contributed by atoms with van der Waals surface area (Å²) in [5, 5.41) is 3.18. The lowest BCUT2D eigenvalue weighted by Gasteiger charge is -2.18. The average molecular weight is 418 g/mol. The van der Waals surface area contributed by atoms with Gasteiger partial charge in [0.15, 0.2) is 0 Å². The van der Waals surface area contributed by atoms with Crippen LogP contribution in [-0.2, 0) is 29.4 Å². The van der Waals surface area contributed by atoms with Crippen LogP contribution in [0.2, 0.25) is 0 Å². The zero-order chi connectivity index (χ0) is 18.9. The summed E-state index contributed by atoms with van der Waals surface area (Å²) < 4.78 is 28.3. The largest absolute Gasteiger partial charge is 0.316 e. The highest BCUT2D eigenvalue weighted by molar-refractivity contribution is 7.90. The SMILES string of the molecule is CNCc1cn(S(=O)(=O)c2cccnc2)c2c1CCCCc1ccccc1-2.Cl. The minimum Gasteiger partial charge on any atom is -0.316 e. The summed E-state index contributed by atoms with van der Waals surface area (Å²) in [6.45, 7) is 0.639. The molecular formula is C21H24ClN3O2S. The number of aromatic nitrogens is 2. The van der Waals surface area contributed by atoms with Crippen molar-refractivity contribution in [2.45, 2.75) is 37.1 Å². The van der Waals surface area contributed by atoms with E-state index < -0.39 is 10.0 Å². The minimum absolute atomic E-state index is 0. The molecule has 0 fully saturated rings. The summed E-state index contributed by atoms with van der Waals surface area (Å²) in [5.74, 6) is 0. The Balaban J connectivity index is 0.00000225. The molecule has 5 nitrogen and oxygen atoms in total. The summed E-state index contributed by atoms with van der Waals surface area (Å²) in [6.07, 6.45) is 8.79. The van der Waals surface area contributed by atoms with Crippen molar-refractivity contribution in [2.75, 3.05) is 7.05 Å². The molecule has 0 saturated carbocycles. The molecule has 2 heterocycles. The molecular weight excluding hydrogens is 394 g/mol. The van der Waals surface area contributed by atoms with Gasteiger partial charge in [0.05, 0.1) is 5.69 Å². The van der Waals surface area contributed by atoms with Gasteiger partial charge in [0.2, 0.25) is 0 Å². The lowest BCUT2D eigenvalue weighted by molar-refractivity contribution is 0.587. The van der Waals surface area contributed by atoms with Crippen LogP contribution in [0.5, 0.6) is 0 Å². The molecule has 1 aliphatic carbocycles. The van der Waals surface area contributed by atoms with E-state index in [1.54, 1.807) is 24.5 Å². The summed E-state index contributed by atoms with van der Waals surface area (Å²) in [7, 11) is -1.84. The van der Waals surface area contributed by atoms with E-state index in [1.165, 1.54) is 15.7 Å². The predicted molar refractivity (Wildman–Crippen MR) is 113 cm³/mol. The van der Waals surface area contributed by atoms with E-state index in [9.17, 15) is 8.42 Å². The van der Waals surface area contributed by atoms with Gasteiger partial charge in [-0.25, -0.2) is 12.4 Å². The van der Waals surface area contributed by atoms with Crippen molar-refractivity contribution >= 4 is 22.4 Å². The van der Waals surface area contributed by atoms with Crippen LogP contribution in [0, 0.1) is 0 Å². The molecule has 7 heteroatoms. The number of pyridine rings is 1. The van der Waals surface area contributed by atoms with Crippen molar-refractivity contribution in [3.05, 3.63) is 71.7 Å². The first-order valence-corrected chi connectivity index (χ1v) is 10.7. The molecule has 4 rings (SSSR count). The van der Waals surface area contributed by atoms with E-state index in [0.29, 0.717) is 6.54 Å². The van der Waals surface area contributed by atoms with E-state index in [1.807, 2.05) is 25.2 Å². The molecule has 148 valence electrons.